The number of carbonyl (C=O) groups is 1. The standard InChI is InChI=1S/C19H29N3O2/c1-15(19(23)20-16-7-3-4-8-16)21-11-13-22(14-12-21)17-9-5-6-10-18(17)24-2/h5-6,9-10,15-16H,3-4,7-8,11-14H2,1-2H3,(H,20,23). The fourth-order valence-corrected chi connectivity index (χ4v) is 3.80. The molecule has 2 fully saturated rings. The molecule has 1 aromatic rings. The molecule has 1 aliphatic heterocycles. The van der Waals surface area contributed by atoms with Gasteiger partial charge in [0.25, 0.3) is 0 Å². The highest BCUT2D eigenvalue weighted by Gasteiger charge is 2.28. The highest BCUT2D eigenvalue weighted by atomic mass is 16.5. The molecule has 1 unspecified atom stereocenters. The van der Waals surface area contributed by atoms with Gasteiger partial charge in [-0.3, -0.25) is 9.69 Å². The van der Waals surface area contributed by atoms with Crippen LogP contribution >= 0.6 is 0 Å². The predicted octanol–water partition coefficient (Wildman–Crippen LogP) is 2.26. The highest BCUT2D eigenvalue weighted by Crippen LogP contribution is 2.28. The van der Waals surface area contributed by atoms with E-state index in [1.165, 1.54) is 12.8 Å². The molecule has 3 rings (SSSR count). The quantitative estimate of drug-likeness (QED) is 0.899. The molecule has 1 amide bonds. The van der Waals surface area contributed by atoms with E-state index in [0.717, 1.165) is 50.5 Å². The van der Waals surface area contributed by atoms with Crippen LogP contribution in [-0.4, -0.2) is 56.2 Å². The Labute approximate surface area is 145 Å². The first kappa shape index (κ1) is 17.1. The van der Waals surface area contributed by atoms with Gasteiger partial charge in [0.05, 0.1) is 18.8 Å². The summed E-state index contributed by atoms with van der Waals surface area (Å²) in [7, 11) is 1.71. The first-order valence-corrected chi connectivity index (χ1v) is 9.11. The van der Waals surface area contributed by atoms with Gasteiger partial charge in [-0.15, -0.1) is 0 Å². The van der Waals surface area contributed by atoms with Gasteiger partial charge in [-0.2, -0.15) is 0 Å². The van der Waals surface area contributed by atoms with Crippen molar-refractivity contribution in [2.24, 2.45) is 0 Å². The number of anilines is 1. The number of nitrogens with zero attached hydrogens (tertiary/aromatic N) is 2. The van der Waals surface area contributed by atoms with Gasteiger partial charge >= 0.3 is 0 Å². The van der Waals surface area contributed by atoms with Gasteiger partial charge in [0.2, 0.25) is 5.91 Å². The summed E-state index contributed by atoms with van der Waals surface area (Å²) in [5, 5.41) is 3.22. The lowest BCUT2D eigenvalue weighted by Crippen LogP contribution is -2.54. The number of rotatable bonds is 5. The van der Waals surface area contributed by atoms with Crippen LogP contribution in [0.2, 0.25) is 0 Å². The van der Waals surface area contributed by atoms with Gasteiger partial charge in [-0.05, 0) is 31.9 Å². The van der Waals surface area contributed by atoms with E-state index < -0.39 is 0 Å². The third-order valence-electron chi connectivity index (χ3n) is 5.37. The maximum Gasteiger partial charge on any atom is 0.237 e. The van der Waals surface area contributed by atoms with Crippen LogP contribution in [0.1, 0.15) is 32.6 Å². The zero-order chi connectivity index (χ0) is 16.9. The monoisotopic (exact) mass is 331 g/mol. The summed E-state index contributed by atoms with van der Waals surface area (Å²) in [5.41, 5.74) is 1.14. The van der Waals surface area contributed by atoms with Crippen LogP contribution in [0, 0.1) is 0 Å². The molecule has 0 radical (unpaired) electrons. The SMILES string of the molecule is COc1ccccc1N1CCN(C(C)C(=O)NC2CCCC2)CC1. The second kappa shape index (κ2) is 7.88. The molecule has 0 bridgehead atoms. The van der Waals surface area contributed by atoms with E-state index in [1.807, 2.05) is 25.1 Å². The van der Waals surface area contributed by atoms with Gasteiger partial charge < -0.3 is 15.0 Å². The third kappa shape index (κ3) is 3.83. The topological polar surface area (TPSA) is 44.8 Å². The van der Waals surface area contributed by atoms with Crippen molar-refractivity contribution in [2.45, 2.75) is 44.7 Å². The number of benzene rings is 1. The second-order valence-corrected chi connectivity index (χ2v) is 6.86. The summed E-state index contributed by atoms with van der Waals surface area (Å²) in [4.78, 5) is 17.1. The van der Waals surface area contributed by atoms with Gasteiger partial charge in [0.15, 0.2) is 0 Å². The molecule has 1 aliphatic carbocycles. The summed E-state index contributed by atoms with van der Waals surface area (Å²) in [6.07, 6.45) is 4.77. The van der Waals surface area contributed by atoms with Crippen LogP contribution in [0.25, 0.3) is 0 Å². The van der Waals surface area contributed by atoms with E-state index in [9.17, 15) is 4.79 Å². The number of methoxy groups -OCH3 is 1. The van der Waals surface area contributed by atoms with E-state index in [-0.39, 0.29) is 11.9 Å². The minimum Gasteiger partial charge on any atom is -0.495 e. The summed E-state index contributed by atoms with van der Waals surface area (Å²) in [6.45, 7) is 5.67. The minimum absolute atomic E-state index is 0.0505. The average molecular weight is 331 g/mol. The molecular formula is C19H29N3O2. The number of piperazine rings is 1. The molecule has 1 N–H and O–H groups in total. The molecule has 0 spiro atoms. The number of hydrogen-bond acceptors (Lipinski definition) is 4. The first-order valence-electron chi connectivity index (χ1n) is 9.11. The van der Waals surface area contributed by atoms with Crippen molar-refractivity contribution in [3.8, 4) is 5.75 Å². The van der Waals surface area contributed by atoms with Gasteiger partial charge in [0.1, 0.15) is 5.75 Å². The van der Waals surface area contributed by atoms with Crippen LogP contribution in [0.15, 0.2) is 24.3 Å². The first-order chi connectivity index (χ1) is 11.7. The molecular weight excluding hydrogens is 302 g/mol. The van der Waals surface area contributed by atoms with Crippen molar-refractivity contribution < 1.29 is 9.53 Å². The number of ether oxygens (including phenoxy) is 1. The van der Waals surface area contributed by atoms with E-state index in [2.05, 4.69) is 21.2 Å². The fourth-order valence-electron chi connectivity index (χ4n) is 3.80. The predicted molar refractivity (Wildman–Crippen MR) is 96.6 cm³/mol. The Morgan fingerprint density at radius 2 is 1.83 bits per heavy atom. The minimum atomic E-state index is -0.0505. The summed E-state index contributed by atoms with van der Waals surface area (Å²) in [6, 6.07) is 8.49. The fraction of sp³-hybridized carbons (Fsp3) is 0.632. The molecule has 0 aromatic heterocycles. The number of para-hydroxylation sites is 2. The zero-order valence-electron chi connectivity index (χ0n) is 14.8. The molecule has 1 aromatic carbocycles. The largest absolute Gasteiger partial charge is 0.495 e. The Balaban J connectivity index is 1.53. The van der Waals surface area contributed by atoms with Gasteiger partial charge in [-0.1, -0.05) is 25.0 Å². The molecule has 1 atom stereocenters. The lowest BCUT2D eigenvalue weighted by molar-refractivity contribution is -0.126. The van der Waals surface area contributed by atoms with Crippen LogP contribution < -0.4 is 15.0 Å². The van der Waals surface area contributed by atoms with Crippen molar-refractivity contribution >= 4 is 11.6 Å². The number of hydrogen-bond donors (Lipinski definition) is 1. The molecule has 1 heterocycles. The van der Waals surface area contributed by atoms with Crippen LogP contribution in [-0.2, 0) is 4.79 Å². The van der Waals surface area contributed by atoms with Crippen LogP contribution in [0.3, 0.4) is 0 Å². The van der Waals surface area contributed by atoms with Gasteiger partial charge in [-0.25, -0.2) is 0 Å². The summed E-state index contributed by atoms with van der Waals surface area (Å²) >= 11 is 0. The average Bonchev–Trinajstić information content (AvgIpc) is 3.14. The maximum absolute atomic E-state index is 12.5. The summed E-state index contributed by atoms with van der Waals surface area (Å²) in [5.74, 6) is 1.10. The Morgan fingerprint density at radius 3 is 2.50 bits per heavy atom. The van der Waals surface area contributed by atoms with E-state index in [1.54, 1.807) is 7.11 Å². The van der Waals surface area contributed by atoms with Gasteiger partial charge in [0, 0.05) is 32.2 Å². The van der Waals surface area contributed by atoms with Crippen molar-refractivity contribution in [3.63, 3.8) is 0 Å². The normalized spacial score (nSPS) is 20.8. The lowest BCUT2D eigenvalue weighted by Gasteiger charge is -2.39. The Bertz CT molecular complexity index is 549. The molecule has 2 aliphatic rings. The molecule has 1 saturated carbocycles. The Hall–Kier alpha value is -1.75. The zero-order valence-corrected chi connectivity index (χ0v) is 14.8. The van der Waals surface area contributed by atoms with Crippen molar-refractivity contribution in [1.82, 2.24) is 10.2 Å². The third-order valence-corrected chi connectivity index (χ3v) is 5.37. The lowest BCUT2D eigenvalue weighted by atomic mass is 10.1. The van der Waals surface area contributed by atoms with Crippen LogP contribution in [0.4, 0.5) is 5.69 Å². The van der Waals surface area contributed by atoms with Crippen molar-refractivity contribution in [1.29, 1.82) is 0 Å². The van der Waals surface area contributed by atoms with Crippen molar-refractivity contribution in [3.05, 3.63) is 24.3 Å². The number of carbonyl (C=O) groups excluding carboxylic acids is 1. The molecule has 1 saturated heterocycles. The number of amides is 1. The Kier molecular flexibility index (Phi) is 5.61. The van der Waals surface area contributed by atoms with Crippen molar-refractivity contribution in [2.75, 3.05) is 38.2 Å². The molecule has 132 valence electrons. The van der Waals surface area contributed by atoms with Crippen LogP contribution in [0.5, 0.6) is 5.75 Å². The molecule has 5 heteroatoms. The second-order valence-electron chi connectivity index (χ2n) is 6.86. The molecule has 5 nitrogen and oxygen atoms in total. The highest BCUT2D eigenvalue weighted by molar-refractivity contribution is 5.81. The number of nitrogens with one attached hydrogen (secondary N) is 1. The Morgan fingerprint density at radius 1 is 1.17 bits per heavy atom. The van der Waals surface area contributed by atoms with E-state index >= 15 is 0 Å². The smallest absolute Gasteiger partial charge is 0.237 e. The summed E-state index contributed by atoms with van der Waals surface area (Å²) < 4.78 is 5.47. The van der Waals surface area contributed by atoms with E-state index in [0.29, 0.717) is 6.04 Å². The molecule has 24 heavy (non-hydrogen) atoms. The maximum atomic E-state index is 12.5. The van der Waals surface area contributed by atoms with E-state index in [4.69, 9.17) is 4.74 Å².